The van der Waals surface area contributed by atoms with Crippen LogP contribution in [0.25, 0.3) is 32.6 Å². The average molecular weight is 320 g/mol. The summed E-state index contributed by atoms with van der Waals surface area (Å²) < 4.78 is 7.85. The minimum absolute atomic E-state index is 0.556. The molecule has 4 rings (SSSR count). The number of methoxy groups -OCH3 is 1. The van der Waals surface area contributed by atoms with E-state index in [9.17, 15) is 0 Å². The summed E-state index contributed by atoms with van der Waals surface area (Å²) in [5.74, 6) is 1.69. The Hall–Kier alpha value is -2.79. The summed E-state index contributed by atoms with van der Waals surface area (Å²) in [6, 6.07) is 12.5. The van der Waals surface area contributed by atoms with Gasteiger partial charge in [-0.1, -0.05) is 18.2 Å². The summed E-state index contributed by atoms with van der Waals surface area (Å²) >= 11 is 0. The monoisotopic (exact) mass is 320 g/mol. The molecule has 0 aliphatic heterocycles. The van der Waals surface area contributed by atoms with E-state index in [-0.39, 0.29) is 0 Å². The maximum Gasteiger partial charge on any atom is 0.134 e. The highest BCUT2D eigenvalue weighted by molar-refractivity contribution is 6.24. The predicted octanol–water partition coefficient (Wildman–Crippen LogP) is 3.26. The number of nitrogens with two attached hydrogens (primary N) is 1. The zero-order valence-electron chi connectivity index (χ0n) is 13.8. The lowest BCUT2D eigenvalue weighted by Gasteiger charge is -2.12. The summed E-state index contributed by atoms with van der Waals surface area (Å²) in [6.07, 6.45) is 1.81. The van der Waals surface area contributed by atoms with Gasteiger partial charge in [-0.05, 0) is 12.1 Å². The maximum absolute atomic E-state index is 5.66. The molecule has 0 saturated heterocycles. The highest BCUT2D eigenvalue weighted by Gasteiger charge is 2.17. The van der Waals surface area contributed by atoms with Gasteiger partial charge in [0, 0.05) is 59.5 Å². The Morgan fingerprint density at radius 3 is 2.75 bits per heavy atom. The number of fused-ring (bicyclic) bond motifs is 5. The molecule has 122 valence electrons. The van der Waals surface area contributed by atoms with Gasteiger partial charge in [0.15, 0.2) is 0 Å². The third-order valence-corrected chi connectivity index (χ3v) is 4.54. The molecule has 5 heteroatoms. The number of hydrogen-bond donors (Lipinski definition) is 2. The molecule has 3 N–H and O–H groups in total. The number of pyridine rings is 1. The van der Waals surface area contributed by atoms with Crippen LogP contribution in [-0.4, -0.2) is 29.8 Å². The number of anilines is 1. The number of rotatable bonds is 4. The summed E-state index contributed by atoms with van der Waals surface area (Å²) in [4.78, 5) is 4.55. The van der Waals surface area contributed by atoms with Gasteiger partial charge in [-0.25, -0.2) is 4.98 Å². The SMILES string of the molecule is COc1cc2c(c3ccccc3n2C)c2c(NCCN)nccc12. The molecule has 0 radical (unpaired) electrons. The quantitative estimate of drug-likeness (QED) is 0.606. The number of nitrogens with one attached hydrogen (secondary N) is 1. The largest absolute Gasteiger partial charge is 0.496 e. The van der Waals surface area contributed by atoms with Crippen molar-refractivity contribution in [3.05, 3.63) is 42.6 Å². The Bertz CT molecular complexity index is 1050. The van der Waals surface area contributed by atoms with Gasteiger partial charge in [-0.2, -0.15) is 0 Å². The van der Waals surface area contributed by atoms with Crippen molar-refractivity contribution in [3.8, 4) is 5.75 Å². The second-order valence-corrected chi connectivity index (χ2v) is 5.85. The van der Waals surface area contributed by atoms with E-state index in [0.29, 0.717) is 13.1 Å². The van der Waals surface area contributed by atoms with Crippen molar-refractivity contribution >= 4 is 38.4 Å². The van der Waals surface area contributed by atoms with Gasteiger partial charge < -0.3 is 20.4 Å². The van der Waals surface area contributed by atoms with Gasteiger partial charge in [0.05, 0.1) is 12.6 Å². The minimum Gasteiger partial charge on any atom is -0.496 e. The summed E-state index contributed by atoms with van der Waals surface area (Å²) in [6.45, 7) is 1.23. The van der Waals surface area contributed by atoms with E-state index in [1.54, 1.807) is 13.3 Å². The topological polar surface area (TPSA) is 65.1 Å². The van der Waals surface area contributed by atoms with E-state index >= 15 is 0 Å². The van der Waals surface area contributed by atoms with Crippen LogP contribution in [0.3, 0.4) is 0 Å². The van der Waals surface area contributed by atoms with E-state index < -0.39 is 0 Å². The Morgan fingerprint density at radius 1 is 1.12 bits per heavy atom. The Balaban J connectivity index is 2.23. The van der Waals surface area contributed by atoms with Crippen molar-refractivity contribution < 1.29 is 4.74 Å². The molecule has 0 spiro atoms. The number of para-hydroxylation sites is 1. The molecule has 0 bridgehead atoms. The Kier molecular flexibility index (Phi) is 3.50. The molecular formula is C19H20N4O. The summed E-state index contributed by atoms with van der Waals surface area (Å²) in [5.41, 5.74) is 7.98. The molecule has 0 unspecified atom stereocenters. The fraction of sp³-hybridized carbons (Fsp3) is 0.211. The van der Waals surface area contributed by atoms with E-state index in [2.05, 4.69) is 52.2 Å². The van der Waals surface area contributed by atoms with E-state index in [1.807, 2.05) is 6.07 Å². The van der Waals surface area contributed by atoms with Crippen LogP contribution in [0.5, 0.6) is 5.75 Å². The van der Waals surface area contributed by atoms with Gasteiger partial charge in [0.2, 0.25) is 0 Å². The average Bonchev–Trinajstić information content (AvgIpc) is 2.92. The van der Waals surface area contributed by atoms with Crippen LogP contribution in [0, 0.1) is 0 Å². The first-order valence-electron chi connectivity index (χ1n) is 8.03. The van der Waals surface area contributed by atoms with E-state index in [4.69, 9.17) is 10.5 Å². The standard InChI is InChI=1S/C19H20N4O/c1-23-14-6-4-3-5-12(14)17-15(23)11-16(24-2)13-7-9-21-19(18(13)17)22-10-8-20/h3-7,9,11H,8,10,20H2,1-2H3,(H,21,22). The second-order valence-electron chi connectivity index (χ2n) is 5.85. The molecule has 2 aromatic carbocycles. The molecule has 24 heavy (non-hydrogen) atoms. The molecule has 0 atom stereocenters. The van der Waals surface area contributed by atoms with Crippen molar-refractivity contribution in [3.63, 3.8) is 0 Å². The molecular weight excluding hydrogens is 300 g/mol. The van der Waals surface area contributed by atoms with E-state index in [1.165, 1.54) is 16.3 Å². The molecule has 2 heterocycles. The number of hydrogen-bond acceptors (Lipinski definition) is 4. The molecule has 5 nitrogen and oxygen atoms in total. The highest BCUT2D eigenvalue weighted by Crippen LogP contribution is 2.41. The number of ether oxygens (including phenoxy) is 1. The third-order valence-electron chi connectivity index (χ3n) is 4.54. The molecule has 0 aliphatic carbocycles. The third kappa shape index (κ3) is 2.02. The van der Waals surface area contributed by atoms with Crippen LogP contribution < -0.4 is 15.8 Å². The lowest BCUT2D eigenvalue weighted by Crippen LogP contribution is -2.14. The second kappa shape index (κ2) is 5.69. The molecule has 0 saturated carbocycles. The van der Waals surface area contributed by atoms with Gasteiger partial charge in [0.25, 0.3) is 0 Å². The molecule has 2 aromatic heterocycles. The van der Waals surface area contributed by atoms with E-state index in [0.717, 1.165) is 27.9 Å². The first-order chi connectivity index (χ1) is 11.8. The van der Waals surface area contributed by atoms with Gasteiger partial charge in [-0.3, -0.25) is 0 Å². The lowest BCUT2D eigenvalue weighted by atomic mass is 10.0. The van der Waals surface area contributed by atoms with Crippen LogP contribution in [0.15, 0.2) is 42.6 Å². The first-order valence-corrected chi connectivity index (χ1v) is 8.03. The van der Waals surface area contributed by atoms with Crippen LogP contribution in [0.1, 0.15) is 0 Å². The number of aryl methyl sites for hydroxylation is 1. The first kappa shape index (κ1) is 14.8. The van der Waals surface area contributed by atoms with Crippen LogP contribution >= 0.6 is 0 Å². The lowest BCUT2D eigenvalue weighted by molar-refractivity contribution is 0.420. The fourth-order valence-electron chi connectivity index (χ4n) is 3.46. The van der Waals surface area contributed by atoms with Crippen molar-refractivity contribution in [1.82, 2.24) is 9.55 Å². The van der Waals surface area contributed by atoms with Gasteiger partial charge in [-0.15, -0.1) is 0 Å². The zero-order chi connectivity index (χ0) is 16.7. The number of benzene rings is 2. The Morgan fingerprint density at radius 2 is 1.96 bits per heavy atom. The van der Waals surface area contributed by atoms with Gasteiger partial charge >= 0.3 is 0 Å². The van der Waals surface area contributed by atoms with Gasteiger partial charge in [0.1, 0.15) is 11.6 Å². The predicted molar refractivity (Wildman–Crippen MR) is 99.8 cm³/mol. The van der Waals surface area contributed by atoms with Crippen LogP contribution in [0.2, 0.25) is 0 Å². The fourth-order valence-corrected chi connectivity index (χ4v) is 3.46. The molecule has 0 amide bonds. The highest BCUT2D eigenvalue weighted by atomic mass is 16.5. The molecule has 0 fully saturated rings. The molecule has 4 aromatic rings. The zero-order valence-corrected chi connectivity index (χ0v) is 13.8. The van der Waals surface area contributed by atoms with Crippen molar-refractivity contribution in [1.29, 1.82) is 0 Å². The summed E-state index contributed by atoms with van der Waals surface area (Å²) in [7, 11) is 3.79. The number of aromatic nitrogens is 2. The van der Waals surface area contributed by atoms with Crippen molar-refractivity contribution in [2.75, 3.05) is 25.5 Å². The normalized spacial score (nSPS) is 11.5. The smallest absolute Gasteiger partial charge is 0.134 e. The van der Waals surface area contributed by atoms with Crippen LogP contribution in [0.4, 0.5) is 5.82 Å². The molecule has 0 aliphatic rings. The minimum atomic E-state index is 0.556. The summed E-state index contributed by atoms with van der Waals surface area (Å²) in [5, 5.41) is 7.89. The van der Waals surface area contributed by atoms with Crippen LogP contribution in [-0.2, 0) is 7.05 Å². The maximum atomic E-state index is 5.66. The number of nitrogens with zero attached hydrogens (tertiary/aromatic N) is 2. The Labute approximate surface area is 140 Å². The van der Waals surface area contributed by atoms with Crippen molar-refractivity contribution in [2.24, 2.45) is 12.8 Å². The van der Waals surface area contributed by atoms with Crippen molar-refractivity contribution in [2.45, 2.75) is 0 Å².